The van der Waals surface area contributed by atoms with Gasteiger partial charge in [0, 0.05) is 5.56 Å². The molecule has 0 atom stereocenters. The highest BCUT2D eigenvalue weighted by molar-refractivity contribution is 5.79. The lowest BCUT2D eigenvalue weighted by Gasteiger charge is -2.01. The molecule has 0 spiro atoms. The van der Waals surface area contributed by atoms with E-state index in [1.165, 1.54) is 0 Å². The minimum Gasteiger partial charge on any atom is -0.298 e. The second-order valence-electron chi connectivity index (χ2n) is 2.70. The molecule has 1 aromatic rings. The number of rotatable bonds is 3. The van der Waals surface area contributed by atoms with E-state index in [1.807, 2.05) is 0 Å². The highest BCUT2D eigenvalue weighted by Gasteiger charge is 2.19. The molecular formula is C9H5FN2O3. The predicted molar refractivity (Wildman–Crippen MR) is 47.8 cm³/mol. The van der Waals surface area contributed by atoms with Crippen LogP contribution in [0, 0.1) is 27.3 Å². The van der Waals surface area contributed by atoms with Gasteiger partial charge < -0.3 is 0 Å². The van der Waals surface area contributed by atoms with Gasteiger partial charge in [-0.3, -0.25) is 14.9 Å². The number of nitrogens with zero attached hydrogens (tertiary/aromatic N) is 2. The minimum atomic E-state index is -0.870. The molecule has 0 aliphatic rings. The average molecular weight is 208 g/mol. The van der Waals surface area contributed by atoms with Crippen molar-refractivity contribution in [3.63, 3.8) is 0 Å². The number of nitro groups is 1. The zero-order valence-electron chi connectivity index (χ0n) is 7.44. The summed E-state index contributed by atoms with van der Waals surface area (Å²) in [6, 6.07) is 3.25. The number of carbonyl (C=O) groups is 1. The monoisotopic (exact) mass is 208 g/mol. The quantitative estimate of drug-likeness (QED) is 0.429. The fourth-order valence-electron chi connectivity index (χ4n) is 1.18. The molecule has 1 aromatic carbocycles. The van der Waals surface area contributed by atoms with Crippen LogP contribution in [0.25, 0.3) is 0 Å². The highest BCUT2D eigenvalue weighted by atomic mass is 19.1. The van der Waals surface area contributed by atoms with Crippen LogP contribution in [0.5, 0.6) is 0 Å². The molecule has 0 saturated carbocycles. The fraction of sp³-hybridized carbons (Fsp3) is 0.111. The van der Waals surface area contributed by atoms with Crippen LogP contribution in [-0.2, 0) is 6.42 Å². The zero-order chi connectivity index (χ0) is 11.4. The molecule has 0 saturated heterocycles. The van der Waals surface area contributed by atoms with Gasteiger partial charge in [-0.05, 0) is 6.07 Å². The number of halogens is 1. The molecule has 15 heavy (non-hydrogen) atoms. The summed E-state index contributed by atoms with van der Waals surface area (Å²) in [4.78, 5) is 20.2. The highest BCUT2D eigenvalue weighted by Crippen LogP contribution is 2.23. The van der Waals surface area contributed by atoms with Gasteiger partial charge >= 0.3 is 0 Å². The summed E-state index contributed by atoms with van der Waals surface area (Å²) in [7, 11) is 0. The molecule has 0 aliphatic heterocycles. The van der Waals surface area contributed by atoms with Crippen molar-refractivity contribution in [3.05, 3.63) is 39.2 Å². The van der Waals surface area contributed by atoms with Gasteiger partial charge in [-0.1, -0.05) is 0 Å². The maximum atomic E-state index is 12.8. The molecule has 0 N–H and O–H groups in total. The van der Waals surface area contributed by atoms with E-state index < -0.39 is 16.4 Å². The second kappa shape index (κ2) is 4.28. The number of carbonyl (C=O) groups excluding carboxylic acids is 1. The average Bonchev–Trinajstić information content (AvgIpc) is 2.19. The number of aldehydes is 1. The smallest absolute Gasteiger partial charge is 0.277 e. The number of nitriles is 1. The van der Waals surface area contributed by atoms with Gasteiger partial charge in [-0.25, -0.2) is 4.39 Å². The van der Waals surface area contributed by atoms with Crippen molar-refractivity contribution in [2.45, 2.75) is 6.42 Å². The molecule has 0 bridgehead atoms. The van der Waals surface area contributed by atoms with E-state index in [-0.39, 0.29) is 17.5 Å². The third-order valence-electron chi connectivity index (χ3n) is 1.81. The molecule has 76 valence electrons. The molecule has 0 amide bonds. The largest absolute Gasteiger partial charge is 0.298 e. The van der Waals surface area contributed by atoms with Crippen LogP contribution in [0.4, 0.5) is 10.1 Å². The van der Waals surface area contributed by atoms with E-state index in [0.29, 0.717) is 12.4 Å². The van der Waals surface area contributed by atoms with Crippen molar-refractivity contribution in [3.8, 4) is 6.07 Å². The van der Waals surface area contributed by atoms with Crippen molar-refractivity contribution in [2.24, 2.45) is 0 Å². The van der Waals surface area contributed by atoms with E-state index in [1.54, 1.807) is 6.07 Å². The minimum absolute atomic E-state index is 0.0566. The van der Waals surface area contributed by atoms with Crippen LogP contribution < -0.4 is 0 Å². The Morgan fingerprint density at radius 1 is 1.60 bits per heavy atom. The summed E-state index contributed by atoms with van der Waals surface area (Å²) in [6.07, 6.45) is -0.00653. The Hall–Kier alpha value is -2.29. The third kappa shape index (κ3) is 2.14. The number of benzene rings is 1. The molecule has 6 heteroatoms. The second-order valence-corrected chi connectivity index (χ2v) is 2.70. The van der Waals surface area contributed by atoms with E-state index in [9.17, 15) is 19.3 Å². The third-order valence-corrected chi connectivity index (χ3v) is 1.81. The van der Waals surface area contributed by atoms with Gasteiger partial charge in [-0.15, -0.1) is 0 Å². The first kappa shape index (κ1) is 10.8. The van der Waals surface area contributed by atoms with Crippen LogP contribution in [0.15, 0.2) is 12.1 Å². The van der Waals surface area contributed by atoms with Gasteiger partial charge in [0.2, 0.25) is 0 Å². The first-order chi connectivity index (χ1) is 7.10. The Balaban J connectivity index is 3.48. The normalized spacial score (nSPS) is 9.33. The van der Waals surface area contributed by atoms with E-state index in [0.717, 1.165) is 6.07 Å². The fourth-order valence-corrected chi connectivity index (χ4v) is 1.18. The van der Waals surface area contributed by atoms with E-state index in [4.69, 9.17) is 5.26 Å². The lowest BCUT2D eigenvalue weighted by molar-refractivity contribution is -0.385. The summed E-state index contributed by atoms with van der Waals surface area (Å²) in [5.74, 6) is -0.870. The van der Waals surface area contributed by atoms with Crippen molar-refractivity contribution >= 4 is 12.0 Å². The lowest BCUT2D eigenvalue weighted by Crippen LogP contribution is -2.00. The van der Waals surface area contributed by atoms with E-state index >= 15 is 0 Å². The summed E-state index contributed by atoms with van der Waals surface area (Å²) in [5, 5.41) is 19.0. The predicted octanol–water partition coefficient (Wildman–Crippen LogP) is 1.61. The molecule has 1 rings (SSSR count). The van der Waals surface area contributed by atoms with E-state index in [2.05, 4.69) is 0 Å². The summed E-state index contributed by atoms with van der Waals surface area (Å²) in [6.45, 7) is 0. The Kier molecular flexibility index (Phi) is 3.08. The van der Waals surface area contributed by atoms with Crippen molar-refractivity contribution in [1.82, 2.24) is 0 Å². The Bertz CT molecular complexity index is 465. The molecule has 0 fully saturated rings. The topological polar surface area (TPSA) is 84.0 Å². The van der Waals surface area contributed by atoms with Gasteiger partial charge in [-0.2, -0.15) is 5.26 Å². The molecule has 0 unspecified atom stereocenters. The molecular weight excluding hydrogens is 203 g/mol. The van der Waals surface area contributed by atoms with Crippen molar-refractivity contribution in [2.75, 3.05) is 0 Å². The van der Waals surface area contributed by atoms with Gasteiger partial charge in [0.1, 0.15) is 5.82 Å². The maximum absolute atomic E-state index is 12.8. The molecule has 0 aliphatic carbocycles. The number of nitro benzene ring substituents is 1. The Morgan fingerprint density at radius 3 is 2.73 bits per heavy atom. The zero-order valence-corrected chi connectivity index (χ0v) is 7.44. The Morgan fingerprint density at radius 2 is 2.27 bits per heavy atom. The summed E-state index contributed by atoms with van der Waals surface area (Å²) in [5.41, 5.74) is -0.763. The van der Waals surface area contributed by atoms with Crippen LogP contribution in [0.3, 0.4) is 0 Å². The molecule has 0 heterocycles. The number of hydrogen-bond donors (Lipinski definition) is 0. The van der Waals surface area contributed by atoms with Crippen LogP contribution >= 0.6 is 0 Å². The molecule has 5 nitrogen and oxygen atoms in total. The van der Waals surface area contributed by atoms with Crippen LogP contribution in [-0.4, -0.2) is 11.2 Å². The first-order valence-corrected chi connectivity index (χ1v) is 3.89. The number of hydrogen-bond acceptors (Lipinski definition) is 4. The van der Waals surface area contributed by atoms with Gasteiger partial charge in [0.25, 0.3) is 5.69 Å². The van der Waals surface area contributed by atoms with Crippen LogP contribution in [0.1, 0.15) is 15.9 Å². The lowest BCUT2D eigenvalue weighted by atomic mass is 10.0. The summed E-state index contributed by atoms with van der Waals surface area (Å²) < 4.78 is 12.8. The molecule has 0 aromatic heterocycles. The van der Waals surface area contributed by atoms with Gasteiger partial charge in [0.15, 0.2) is 6.29 Å². The van der Waals surface area contributed by atoms with Gasteiger partial charge in [0.05, 0.1) is 29.0 Å². The maximum Gasteiger partial charge on any atom is 0.277 e. The SMILES string of the molecule is N#CCc1c(C=O)cc(F)cc1[N+](=O)[O-]. The van der Waals surface area contributed by atoms with Crippen molar-refractivity contribution < 1.29 is 14.1 Å². The molecule has 0 radical (unpaired) electrons. The summed E-state index contributed by atoms with van der Waals surface area (Å²) >= 11 is 0. The standard InChI is InChI=1S/C9H5FN2O3/c10-7-3-6(5-13)8(1-2-11)9(4-7)12(14)15/h3-5H,1H2. The van der Waals surface area contributed by atoms with Crippen molar-refractivity contribution in [1.29, 1.82) is 5.26 Å². The van der Waals surface area contributed by atoms with Crippen LogP contribution in [0.2, 0.25) is 0 Å². The first-order valence-electron chi connectivity index (χ1n) is 3.89. The Labute approximate surface area is 83.9 Å².